The molecule has 0 saturated carbocycles. The molecular weight excluding hydrogens is 382 g/mol. The highest BCUT2D eigenvalue weighted by atomic mass is 32.2. The maximum atomic E-state index is 12.8. The van der Waals surface area contributed by atoms with E-state index in [4.69, 9.17) is 13.7 Å². The summed E-state index contributed by atoms with van der Waals surface area (Å²) < 4.78 is 44.6. The second-order valence-corrected chi connectivity index (χ2v) is 8.57. The van der Waals surface area contributed by atoms with Gasteiger partial charge >= 0.3 is 0 Å². The maximum Gasteiger partial charge on any atom is 0.274 e. The monoisotopic (exact) mass is 403 g/mol. The molecular formula is C19H21N3O5S. The van der Waals surface area contributed by atoms with Crippen LogP contribution >= 0.6 is 0 Å². The van der Waals surface area contributed by atoms with Gasteiger partial charge in [0.2, 0.25) is 10.9 Å². The molecule has 3 aromatic heterocycles. The number of rotatable bonds is 6. The fraction of sp³-hybridized carbons (Fsp3) is 0.368. The van der Waals surface area contributed by atoms with E-state index in [-0.39, 0.29) is 17.1 Å². The first-order valence-electron chi connectivity index (χ1n) is 8.96. The molecule has 1 aliphatic heterocycles. The Bertz CT molecular complexity index is 1060. The number of aromatic nitrogens is 2. The largest absolute Gasteiger partial charge is 0.440 e. The lowest BCUT2D eigenvalue weighted by molar-refractivity contribution is 0.183. The number of nitrogens with one attached hydrogen (secondary N) is 1. The zero-order chi connectivity index (χ0) is 19.7. The number of hydrogen-bond donors (Lipinski definition) is 1. The Kier molecular flexibility index (Phi) is 5.05. The summed E-state index contributed by atoms with van der Waals surface area (Å²) in [5.41, 5.74) is 2.63. The van der Waals surface area contributed by atoms with Crippen LogP contribution in [0.25, 0.3) is 11.5 Å². The Morgan fingerprint density at radius 3 is 2.64 bits per heavy atom. The molecule has 0 aromatic carbocycles. The topological polar surface area (TPSA) is 107 Å². The minimum Gasteiger partial charge on any atom is -0.440 e. The first kappa shape index (κ1) is 18.9. The molecule has 1 fully saturated rings. The summed E-state index contributed by atoms with van der Waals surface area (Å²) in [5.74, 6) is 0.791. The molecule has 0 amide bonds. The fourth-order valence-corrected chi connectivity index (χ4v) is 4.46. The number of ether oxygens (including phenoxy) is 1. The molecule has 148 valence electrons. The molecule has 3 aromatic rings. The first-order chi connectivity index (χ1) is 13.4. The Balaban J connectivity index is 1.50. The van der Waals surface area contributed by atoms with Crippen molar-refractivity contribution in [3.05, 3.63) is 53.5 Å². The summed E-state index contributed by atoms with van der Waals surface area (Å²) in [6.07, 6.45) is 4.15. The van der Waals surface area contributed by atoms with E-state index in [9.17, 15) is 8.42 Å². The Morgan fingerprint density at radius 1 is 1.14 bits per heavy atom. The van der Waals surface area contributed by atoms with Crippen molar-refractivity contribution in [1.29, 1.82) is 0 Å². The van der Waals surface area contributed by atoms with Gasteiger partial charge in [0, 0.05) is 23.9 Å². The number of aryl methyl sites for hydroxylation is 1. The molecule has 0 bridgehead atoms. The van der Waals surface area contributed by atoms with Gasteiger partial charge in [-0.2, -0.15) is 0 Å². The van der Waals surface area contributed by atoms with Crippen molar-refractivity contribution >= 4 is 10.0 Å². The van der Waals surface area contributed by atoms with Gasteiger partial charge < -0.3 is 13.7 Å². The maximum absolute atomic E-state index is 12.8. The standard InChI is InChI=1S/C19H21N3O5S/c1-12-13(2)21-27-19(12)17-3-4-18(26-17)28(23,24)22-16-11-25-10-15(16)9-14-5-7-20-8-6-14/h3-8,15-16,22H,9-11H2,1-2H3. The smallest absolute Gasteiger partial charge is 0.274 e. The van der Waals surface area contributed by atoms with Crippen molar-refractivity contribution in [2.24, 2.45) is 5.92 Å². The van der Waals surface area contributed by atoms with E-state index in [2.05, 4.69) is 14.9 Å². The highest BCUT2D eigenvalue weighted by Gasteiger charge is 2.33. The summed E-state index contributed by atoms with van der Waals surface area (Å²) in [5, 5.41) is 3.71. The molecule has 0 radical (unpaired) electrons. The third-order valence-corrected chi connectivity index (χ3v) is 6.34. The van der Waals surface area contributed by atoms with Crippen LogP contribution in [-0.2, 0) is 21.2 Å². The van der Waals surface area contributed by atoms with Gasteiger partial charge in [0.05, 0.1) is 24.9 Å². The van der Waals surface area contributed by atoms with E-state index in [1.165, 1.54) is 6.07 Å². The number of sulfonamides is 1. The van der Waals surface area contributed by atoms with E-state index >= 15 is 0 Å². The van der Waals surface area contributed by atoms with Crippen LogP contribution in [0.3, 0.4) is 0 Å². The van der Waals surface area contributed by atoms with Crippen molar-refractivity contribution in [3.8, 4) is 11.5 Å². The Hall–Kier alpha value is -2.49. The zero-order valence-electron chi connectivity index (χ0n) is 15.6. The molecule has 2 unspecified atom stereocenters. The first-order valence-corrected chi connectivity index (χ1v) is 10.4. The van der Waals surface area contributed by atoms with Crippen molar-refractivity contribution in [3.63, 3.8) is 0 Å². The van der Waals surface area contributed by atoms with E-state index in [0.29, 0.717) is 31.2 Å². The van der Waals surface area contributed by atoms with Crippen LogP contribution < -0.4 is 4.72 Å². The molecule has 1 aliphatic rings. The summed E-state index contributed by atoms with van der Waals surface area (Å²) in [7, 11) is -3.83. The zero-order valence-corrected chi connectivity index (χ0v) is 16.4. The minimum atomic E-state index is -3.83. The van der Waals surface area contributed by atoms with E-state index < -0.39 is 10.0 Å². The SMILES string of the molecule is Cc1noc(-c2ccc(S(=O)(=O)NC3COCC3Cc3ccncc3)o2)c1C. The summed E-state index contributed by atoms with van der Waals surface area (Å²) in [6.45, 7) is 4.47. The lowest BCUT2D eigenvalue weighted by atomic mass is 9.96. The van der Waals surface area contributed by atoms with E-state index in [1.54, 1.807) is 18.5 Å². The number of furan rings is 1. The average Bonchev–Trinajstić information content (AvgIpc) is 3.39. The Morgan fingerprint density at radius 2 is 1.93 bits per heavy atom. The van der Waals surface area contributed by atoms with Gasteiger partial charge in [-0.1, -0.05) is 5.16 Å². The van der Waals surface area contributed by atoms with Gasteiger partial charge in [0.1, 0.15) is 0 Å². The number of hydrogen-bond acceptors (Lipinski definition) is 7. The molecule has 0 spiro atoms. The van der Waals surface area contributed by atoms with E-state index in [0.717, 1.165) is 16.8 Å². The number of nitrogens with zero attached hydrogens (tertiary/aromatic N) is 2. The number of pyridine rings is 1. The van der Waals surface area contributed by atoms with Crippen molar-refractivity contribution < 1.29 is 22.1 Å². The van der Waals surface area contributed by atoms with Crippen molar-refractivity contribution in [2.75, 3.05) is 13.2 Å². The van der Waals surface area contributed by atoms with Crippen LogP contribution in [0.1, 0.15) is 16.8 Å². The van der Waals surface area contributed by atoms with Crippen molar-refractivity contribution in [2.45, 2.75) is 31.4 Å². The highest BCUT2D eigenvalue weighted by molar-refractivity contribution is 7.89. The average molecular weight is 403 g/mol. The molecule has 2 atom stereocenters. The second-order valence-electron chi connectivity index (χ2n) is 6.93. The van der Waals surface area contributed by atoms with Crippen LogP contribution in [0.4, 0.5) is 0 Å². The van der Waals surface area contributed by atoms with Crippen LogP contribution in [0.5, 0.6) is 0 Å². The van der Waals surface area contributed by atoms with Gasteiger partial charge in [0.15, 0.2) is 5.76 Å². The third kappa shape index (κ3) is 3.73. The molecule has 4 rings (SSSR count). The summed E-state index contributed by atoms with van der Waals surface area (Å²) >= 11 is 0. The lowest BCUT2D eigenvalue weighted by Crippen LogP contribution is -2.40. The van der Waals surface area contributed by atoms with Gasteiger partial charge in [-0.25, -0.2) is 13.1 Å². The molecule has 28 heavy (non-hydrogen) atoms. The quantitative estimate of drug-likeness (QED) is 0.674. The lowest BCUT2D eigenvalue weighted by Gasteiger charge is -2.18. The van der Waals surface area contributed by atoms with Crippen LogP contribution in [0, 0.1) is 19.8 Å². The third-order valence-electron chi connectivity index (χ3n) is 4.98. The minimum absolute atomic E-state index is 0.0331. The fourth-order valence-electron chi connectivity index (χ4n) is 3.24. The van der Waals surface area contributed by atoms with Gasteiger partial charge in [-0.3, -0.25) is 4.98 Å². The van der Waals surface area contributed by atoms with Crippen LogP contribution in [-0.4, -0.2) is 37.8 Å². The second kappa shape index (κ2) is 7.50. The van der Waals surface area contributed by atoms with Gasteiger partial charge in [-0.15, -0.1) is 0 Å². The predicted octanol–water partition coefficient (Wildman–Crippen LogP) is 2.48. The van der Waals surface area contributed by atoms with E-state index in [1.807, 2.05) is 26.0 Å². The van der Waals surface area contributed by atoms with Crippen LogP contribution in [0.15, 0.2) is 50.7 Å². The van der Waals surface area contributed by atoms with Gasteiger partial charge in [0.25, 0.3) is 10.0 Å². The highest BCUT2D eigenvalue weighted by Crippen LogP contribution is 2.29. The molecule has 9 heteroatoms. The molecule has 0 aliphatic carbocycles. The summed E-state index contributed by atoms with van der Waals surface area (Å²) in [6, 6.07) is 6.50. The van der Waals surface area contributed by atoms with Crippen LogP contribution in [0.2, 0.25) is 0 Å². The normalized spacial score (nSPS) is 19.9. The predicted molar refractivity (Wildman–Crippen MR) is 100 cm³/mol. The molecule has 1 saturated heterocycles. The Labute approximate surface area is 162 Å². The van der Waals surface area contributed by atoms with Crippen molar-refractivity contribution in [1.82, 2.24) is 14.9 Å². The molecule has 1 N–H and O–H groups in total. The summed E-state index contributed by atoms with van der Waals surface area (Å²) in [4.78, 5) is 4.01. The van der Waals surface area contributed by atoms with Gasteiger partial charge in [-0.05, 0) is 50.1 Å². The molecule has 8 nitrogen and oxygen atoms in total. The molecule has 4 heterocycles.